The van der Waals surface area contributed by atoms with E-state index >= 15 is 0 Å². The summed E-state index contributed by atoms with van der Waals surface area (Å²) in [7, 11) is 1.83. The number of aromatic nitrogens is 3. The first-order chi connectivity index (χ1) is 20.8. The van der Waals surface area contributed by atoms with Crippen LogP contribution in [0.4, 0.5) is 32.0 Å². The molecule has 1 aliphatic carbocycles. The molecule has 0 bridgehead atoms. The Kier molecular flexibility index (Phi) is 7.47. The van der Waals surface area contributed by atoms with E-state index in [1.54, 1.807) is 29.1 Å². The molecule has 1 amide bonds. The molecule has 0 spiro atoms. The summed E-state index contributed by atoms with van der Waals surface area (Å²) in [4.78, 5) is 16.5. The van der Waals surface area contributed by atoms with Crippen LogP contribution >= 0.6 is 0 Å². The van der Waals surface area contributed by atoms with E-state index in [0.717, 1.165) is 17.5 Å². The van der Waals surface area contributed by atoms with Gasteiger partial charge >= 0.3 is 12.4 Å². The average Bonchev–Trinajstić information content (AvgIpc) is 3.51. The predicted molar refractivity (Wildman–Crippen MR) is 147 cm³/mol. The van der Waals surface area contributed by atoms with Crippen LogP contribution in [0, 0.1) is 23.2 Å². The monoisotopic (exact) mass is 616 g/mol. The summed E-state index contributed by atoms with van der Waals surface area (Å²) in [6, 6.07) is 11.8. The number of piperidine rings is 1. The SMILES string of the molecule is Cn1cnnc1CC1(c2cccc(N3Cc4c(cc(CN5CCCC(C(F)(F)F)C5)cc4C(F)(F)F)C3=O)c2)CC(C#N)C1. The molecule has 13 heteroatoms. The molecule has 2 aromatic carbocycles. The van der Waals surface area contributed by atoms with E-state index < -0.39 is 35.2 Å². The lowest BCUT2D eigenvalue weighted by molar-refractivity contribution is -0.187. The van der Waals surface area contributed by atoms with Crippen molar-refractivity contribution in [3.63, 3.8) is 0 Å². The maximum absolute atomic E-state index is 14.3. The van der Waals surface area contributed by atoms with E-state index in [2.05, 4.69) is 16.3 Å². The molecule has 0 N–H and O–H groups in total. The molecule has 3 aromatic rings. The number of nitrogens with zero attached hydrogens (tertiary/aromatic N) is 6. The Bertz CT molecular complexity index is 1620. The van der Waals surface area contributed by atoms with Crippen LogP contribution in [0.25, 0.3) is 0 Å². The highest BCUT2D eigenvalue weighted by atomic mass is 19.4. The third-order valence-electron chi connectivity index (χ3n) is 9.31. The Morgan fingerprint density at radius 3 is 2.55 bits per heavy atom. The minimum atomic E-state index is -4.76. The number of hydrogen-bond donors (Lipinski definition) is 0. The molecular weight excluding hydrogens is 586 g/mol. The molecule has 1 saturated heterocycles. The third kappa shape index (κ3) is 5.56. The topological polar surface area (TPSA) is 78.1 Å². The molecule has 3 heterocycles. The van der Waals surface area contributed by atoms with Gasteiger partial charge in [-0.25, -0.2) is 0 Å². The molecule has 1 atom stereocenters. The number of aryl methyl sites for hydroxylation is 1. The first-order valence-electron chi connectivity index (χ1n) is 14.4. The number of likely N-dealkylation sites (tertiary alicyclic amines) is 1. The summed E-state index contributed by atoms with van der Waals surface area (Å²) in [5, 5.41) is 17.6. The second kappa shape index (κ2) is 10.9. The number of alkyl halides is 6. The number of anilines is 1. The Balaban J connectivity index is 1.30. The van der Waals surface area contributed by atoms with Crippen LogP contribution in [0.2, 0.25) is 0 Å². The molecular formula is C31H30F6N6O. The maximum Gasteiger partial charge on any atom is 0.416 e. The van der Waals surface area contributed by atoms with Crippen molar-refractivity contribution in [2.75, 3.05) is 18.0 Å². The first kappa shape index (κ1) is 30.1. The van der Waals surface area contributed by atoms with Crippen LogP contribution in [0.15, 0.2) is 42.7 Å². The number of carbonyl (C=O) groups excluding carboxylic acids is 1. The molecule has 44 heavy (non-hydrogen) atoms. The molecule has 2 aliphatic heterocycles. The van der Waals surface area contributed by atoms with Crippen molar-refractivity contribution < 1.29 is 31.1 Å². The van der Waals surface area contributed by atoms with Gasteiger partial charge in [0.1, 0.15) is 12.2 Å². The first-order valence-corrected chi connectivity index (χ1v) is 14.4. The van der Waals surface area contributed by atoms with Gasteiger partial charge in [-0.05, 0) is 73.2 Å². The van der Waals surface area contributed by atoms with Crippen molar-refractivity contribution in [1.82, 2.24) is 19.7 Å². The third-order valence-corrected chi connectivity index (χ3v) is 9.31. The van der Waals surface area contributed by atoms with Gasteiger partial charge in [0.15, 0.2) is 0 Å². The van der Waals surface area contributed by atoms with Crippen molar-refractivity contribution in [1.29, 1.82) is 5.26 Å². The number of carbonyl (C=O) groups is 1. The summed E-state index contributed by atoms with van der Waals surface area (Å²) in [5.41, 5.74) is -0.190. The van der Waals surface area contributed by atoms with Crippen LogP contribution in [-0.4, -0.2) is 44.8 Å². The Labute approximate surface area is 250 Å². The molecule has 0 radical (unpaired) electrons. The number of rotatable bonds is 6. The van der Waals surface area contributed by atoms with Crippen LogP contribution in [0.5, 0.6) is 0 Å². The number of amides is 1. The van der Waals surface area contributed by atoms with E-state index in [4.69, 9.17) is 0 Å². The molecule has 3 aliphatic rings. The Morgan fingerprint density at radius 1 is 1.11 bits per heavy atom. The average molecular weight is 617 g/mol. The molecule has 1 aromatic heterocycles. The summed E-state index contributed by atoms with van der Waals surface area (Å²) >= 11 is 0. The fraction of sp³-hybridized carbons (Fsp3) is 0.484. The highest BCUT2D eigenvalue weighted by molar-refractivity contribution is 6.10. The molecule has 2 fully saturated rings. The summed E-state index contributed by atoms with van der Waals surface area (Å²) in [6.07, 6.45) is -5.62. The van der Waals surface area contributed by atoms with E-state index in [1.807, 2.05) is 13.1 Å². The number of fused-ring (bicyclic) bond motifs is 1. The molecule has 1 saturated carbocycles. The van der Waals surface area contributed by atoms with Crippen molar-refractivity contribution in [2.24, 2.45) is 18.9 Å². The fourth-order valence-corrected chi connectivity index (χ4v) is 6.98. The highest BCUT2D eigenvalue weighted by Gasteiger charge is 2.47. The minimum Gasteiger partial charge on any atom is -0.321 e. The lowest BCUT2D eigenvalue weighted by Gasteiger charge is -2.45. The maximum atomic E-state index is 14.3. The van der Waals surface area contributed by atoms with Crippen LogP contribution in [-0.2, 0) is 38.1 Å². The van der Waals surface area contributed by atoms with Gasteiger partial charge in [0, 0.05) is 49.1 Å². The van der Waals surface area contributed by atoms with E-state index in [9.17, 15) is 36.4 Å². The van der Waals surface area contributed by atoms with Crippen molar-refractivity contribution in [3.05, 3.63) is 76.4 Å². The second-order valence-corrected chi connectivity index (χ2v) is 12.3. The number of halogens is 6. The molecule has 6 rings (SSSR count). The van der Waals surface area contributed by atoms with E-state index in [0.29, 0.717) is 31.5 Å². The number of nitriles is 1. The Morgan fingerprint density at radius 2 is 1.89 bits per heavy atom. The van der Waals surface area contributed by atoms with E-state index in [1.165, 1.54) is 15.9 Å². The van der Waals surface area contributed by atoms with Gasteiger partial charge in [-0.2, -0.15) is 31.6 Å². The van der Waals surface area contributed by atoms with Crippen LogP contribution < -0.4 is 4.90 Å². The van der Waals surface area contributed by atoms with E-state index in [-0.39, 0.29) is 55.1 Å². The number of benzene rings is 2. The summed E-state index contributed by atoms with van der Waals surface area (Å²) < 4.78 is 84.7. The van der Waals surface area contributed by atoms with Crippen LogP contribution in [0.1, 0.15) is 64.1 Å². The zero-order chi connectivity index (χ0) is 31.4. The molecule has 1 unspecified atom stereocenters. The largest absolute Gasteiger partial charge is 0.416 e. The van der Waals surface area contributed by atoms with Crippen molar-refractivity contribution in [2.45, 2.75) is 63.0 Å². The lowest BCUT2D eigenvalue weighted by Crippen LogP contribution is -2.43. The molecule has 232 valence electrons. The Hall–Kier alpha value is -3.92. The lowest BCUT2D eigenvalue weighted by atomic mass is 9.57. The fourth-order valence-electron chi connectivity index (χ4n) is 6.98. The van der Waals surface area contributed by atoms with Crippen molar-refractivity contribution in [3.8, 4) is 6.07 Å². The minimum absolute atomic E-state index is 0.0124. The smallest absolute Gasteiger partial charge is 0.321 e. The van der Waals surface area contributed by atoms with Gasteiger partial charge < -0.3 is 9.47 Å². The number of hydrogen-bond acceptors (Lipinski definition) is 5. The zero-order valence-corrected chi connectivity index (χ0v) is 23.9. The second-order valence-electron chi connectivity index (χ2n) is 12.3. The molecule has 7 nitrogen and oxygen atoms in total. The van der Waals surface area contributed by atoms with Gasteiger partial charge in [0.2, 0.25) is 0 Å². The van der Waals surface area contributed by atoms with Gasteiger partial charge in [0.05, 0.1) is 24.1 Å². The van der Waals surface area contributed by atoms with Gasteiger partial charge in [-0.1, -0.05) is 12.1 Å². The summed E-state index contributed by atoms with van der Waals surface area (Å²) in [6.45, 7) is -0.363. The van der Waals surface area contributed by atoms with Crippen LogP contribution in [0.3, 0.4) is 0 Å². The summed E-state index contributed by atoms with van der Waals surface area (Å²) in [5.74, 6) is -1.55. The standard InChI is InChI=1S/C31H30F6N6O/c1-41-18-39-40-27(41)13-29(11-20(12-29)14-38)21-4-2-6-23(10-21)43-17-25-24(28(43)44)8-19(9-26(25)31(35,36)37)15-42-7-3-5-22(16-42)30(32,33)34/h2,4,6,8-10,18,20,22H,3,5,7,11-13,15-17H2,1H3. The highest BCUT2D eigenvalue weighted by Crippen LogP contribution is 2.50. The van der Waals surface area contributed by atoms with Gasteiger partial charge in [-0.3, -0.25) is 9.69 Å². The zero-order valence-electron chi connectivity index (χ0n) is 23.9. The quantitative estimate of drug-likeness (QED) is 0.309. The van der Waals surface area contributed by atoms with Crippen molar-refractivity contribution >= 4 is 11.6 Å². The van der Waals surface area contributed by atoms with Gasteiger partial charge in [-0.15, -0.1) is 10.2 Å². The normalized spacial score (nSPS) is 24.2. The van der Waals surface area contributed by atoms with Gasteiger partial charge in [0.25, 0.3) is 5.91 Å². The predicted octanol–water partition coefficient (Wildman–Crippen LogP) is 6.18.